The highest BCUT2D eigenvalue weighted by atomic mass is 19.4. The molecule has 0 saturated carbocycles. The normalized spacial score (nSPS) is 13.3. The number of pyridine rings is 1. The van der Waals surface area contributed by atoms with Crippen molar-refractivity contribution in [1.29, 1.82) is 0 Å². The molecule has 5 rings (SSSR count). The lowest BCUT2D eigenvalue weighted by Gasteiger charge is -2.16. The SMILES string of the molecule is O=C(O)c1c2c(nc3ccc(F)cc13)-c1ccc(-c3ccccc3C(F)(F)F)cc1CCC2. The predicted octanol–water partition coefficient (Wildman–Crippen LogP) is 6.91. The van der Waals surface area contributed by atoms with E-state index < -0.39 is 23.5 Å². The standard InChI is InChI=1S/C26H17F4NO2/c27-16-9-11-22-20(13-16)23(25(32)33)19-6-3-4-14-12-15(8-10-18(14)24(19)31-22)17-5-1-2-7-21(17)26(28,29)30/h1-2,5,7-13H,3-4,6H2,(H,32,33). The lowest BCUT2D eigenvalue weighted by Crippen LogP contribution is -2.08. The number of carbonyl (C=O) groups is 1. The Hall–Kier alpha value is -3.74. The van der Waals surface area contributed by atoms with E-state index in [1.54, 1.807) is 24.3 Å². The molecule has 0 saturated heterocycles. The van der Waals surface area contributed by atoms with Crippen LogP contribution >= 0.6 is 0 Å². The first-order chi connectivity index (χ1) is 15.7. The monoisotopic (exact) mass is 451 g/mol. The summed E-state index contributed by atoms with van der Waals surface area (Å²) in [7, 11) is 0. The number of alkyl halides is 3. The summed E-state index contributed by atoms with van der Waals surface area (Å²) < 4.78 is 54.5. The van der Waals surface area contributed by atoms with Crippen molar-refractivity contribution in [2.75, 3.05) is 0 Å². The number of benzene rings is 3. The molecule has 0 radical (unpaired) electrons. The molecule has 0 amide bonds. The summed E-state index contributed by atoms with van der Waals surface area (Å²) in [6.45, 7) is 0. The summed E-state index contributed by atoms with van der Waals surface area (Å²) in [5.74, 6) is -1.71. The van der Waals surface area contributed by atoms with Gasteiger partial charge in [0.15, 0.2) is 0 Å². The largest absolute Gasteiger partial charge is 0.478 e. The minimum Gasteiger partial charge on any atom is -0.478 e. The number of aromatic nitrogens is 1. The van der Waals surface area contributed by atoms with Gasteiger partial charge < -0.3 is 5.11 Å². The second kappa shape index (κ2) is 7.69. The molecule has 1 N–H and O–H groups in total. The van der Waals surface area contributed by atoms with Gasteiger partial charge in [0, 0.05) is 10.9 Å². The molecule has 1 aliphatic carbocycles. The summed E-state index contributed by atoms with van der Waals surface area (Å²) in [4.78, 5) is 16.8. The fourth-order valence-electron chi connectivity index (χ4n) is 4.62. The number of hydrogen-bond donors (Lipinski definition) is 1. The number of rotatable bonds is 2. The summed E-state index contributed by atoms with van der Waals surface area (Å²) >= 11 is 0. The van der Waals surface area contributed by atoms with E-state index in [0.717, 1.165) is 11.6 Å². The number of aryl methyl sites for hydroxylation is 1. The third-order valence-electron chi connectivity index (χ3n) is 6.04. The van der Waals surface area contributed by atoms with Crippen LogP contribution in [0.3, 0.4) is 0 Å². The van der Waals surface area contributed by atoms with Crippen molar-refractivity contribution >= 4 is 16.9 Å². The number of fused-ring (bicyclic) bond motifs is 4. The van der Waals surface area contributed by atoms with Crippen molar-refractivity contribution < 1.29 is 27.5 Å². The molecule has 1 aromatic heterocycles. The van der Waals surface area contributed by atoms with Gasteiger partial charge in [-0.25, -0.2) is 14.2 Å². The second-order valence-electron chi connectivity index (χ2n) is 8.05. The van der Waals surface area contributed by atoms with E-state index in [1.807, 2.05) is 0 Å². The Bertz CT molecular complexity index is 1430. The van der Waals surface area contributed by atoms with Gasteiger partial charge in [0.1, 0.15) is 5.82 Å². The van der Waals surface area contributed by atoms with E-state index in [2.05, 4.69) is 4.98 Å². The van der Waals surface area contributed by atoms with Gasteiger partial charge in [-0.05, 0) is 65.8 Å². The molecule has 0 aliphatic heterocycles. The highest BCUT2D eigenvalue weighted by Gasteiger charge is 2.33. The topological polar surface area (TPSA) is 50.2 Å². The van der Waals surface area contributed by atoms with Crippen LogP contribution in [0.15, 0.2) is 60.7 Å². The smallest absolute Gasteiger partial charge is 0.417 e. The van der Waals surface area contributed by atoms with Crippen molar-refractivity contribution in [3.63, 3.8) is 0 Å². The van der Waals surface area contributed by atoms with E-state index in [1.165, 1.54) is 30.3 Å². The van der Waals surface area contributed by atoms with Gasteiger partial charge in [0.25, 0.3) is 0 Å². The maximum Gasteiger partial charge on any atom is 0.417 e. The molecule has 0 unspecified atom stereocenters. The molecule has 0 fully saturated rings. The van der Waals surface area contributed by atoms with Gasteiger partial charge in [-0.15, -0.1) is 0 Å². The third-order valence-corrected chi connectivity index (χ3v) is 6.04. The van der Waals surface area contributed by atoms with Crippen LogP contribution in [0.2, 0.25) is 0 Å². The van der Waals surface area contributed by atoms with Crippen LogP contribution in [0.5, 0.6) is 0 Å². The highest BCUT2D eigenvalue weighted by Crippen LogP contribution is 2.41. The van der Waals surface area contributed by atoms with Gasteiger partial charge in [0.05, 0.1) is 22.3 Å². The Labute approximate surface area is 186 Å². The van der Waals surface area contributed by atoms with Crippen molar-refractivity contribution in [2.45, 2.75) is 25.4 Å². The van der Waals surface area contributed by atoms with Crippen LogP contribution in [0.4, 0.5) is 17.6 Å². The van der Waals surface area contributed by atoms with E-state index >= 15 is 0 Å². The number of carboxylic acids is 1. The highest BCUT2D eigenvalue weighted by molar-refractivity contribution is 6.06. The van der Waals surface area contributed by atoms with E-state index in [-0.39, 0.29) is 16.5 Å². The Morgan fingerprint density at radius 1 is 0.939 bits per heavy atom. The lowest BCUT2D eigenvalue weighted by molar-refractivity contribution is -0.137. The summed E-state index contributed by atoms with van der Waals surface area (Å²) in [6.07, 6.45) is -2.92. The average Bonchev–Trinajstić information content (AvgIpc) is 2.95. The fraction of sp³-hybridized carbons (Fsp3) is 0.154. The molecular weight excluding hydrogens is 434 g/mol. The summed E-state index contributed by atoms with van der Waals surface area (Å²) in [5.41, 5.74) is 2.67. The van der Waals surface area contributed by atoms with Crippen LogP contribution in [-0.4, -0.2) is 16.1 Å². The minimum atomic E-state index is -4.48. The summed E-state index contributed by atoms with van der Waals surface area (Å²) in [6, 6.07) is 14.3. The molecular formula is C26H17F4NO2. The fourth-order valence-corrected chi connectivity index (χ4v) is 4.62. The van der Waals surface area contributed by atoms with E-state index in [4.69, 9.17) is 0 Å². The Balaban J connectivity index is 1.74. The lowest BCUT2D eigenvalue weighted by atomic mass is 9.92. The third kappa shape index (κ3) is 3.63. The van der Waals surface area contributed by atoms with Crippen molar-refractivity contribution in [1.82, 2.24) is 4.98 Å². The van der Waals surface area contributed by atoms with Gasteiger partial charge in [-0.2, -0.15) is 13.2 Å². The molecule has 1 aliphatic rings. The molecule has 0 atom stereocenters. The molecule has 3 nitrogen and oxygen atoms in total. The van der Waals surface area contributed by atoms with Crippen LogP contribution in [0.1, 0.15) is 33.5 Å². The quantitative estimate of drug-likeness (QED) is 0.337. The van der Waals surface area contributed by atoms with Crippen LogP contribution in [0.25, 0.3) is 33.3 Å². The van der Waals surface area contributed by atoms with Gasteiger partial charge in [0.2, 0.25) is 0 Å². The molecule has 1 heterocycles. The Morgan fingerprint density at radius 3 is 2.48 bits per heavy atom. The molecule has 166 valence electrons. The number of hydrogen-bond acceptors (Lipinski definition) is 2. The molecule has 33 heavy (non-hydrogen) atoms. The van der Waals surface area contributed by atoms with Gasteiger partial charge >= 0.3 is 12.1 Å². The van der Waals surface area contributed by atoms with Gasteiger partial charge in [-0.3, -0.25) is 0 Å². The summed E-state index contributed by atoms with van der Waals surface area (Å²) in [5, 5.41) is 10.1. The first kappa shape index (κ1) is 21.1. The van der Waals surface area contributed by atoms with E-state index in [0.29, 0.717) is 47.2 Å². The first-order valence-electron chi connectivity index (χ1n) is 10.4. The van der Waals surface area contributed by atoms with Crippen LogP contribution in [-0.2, 0) is 19.0 Å². The van der Waals surface area contributed by atoms with Crippen molar-refractivity contribution in [3.05, 3.63) is 88.7 Å². The molecule has 0 spiro atoms. The Morgan fingerprint density at radius 2 is 1.73 bits per heavy atom. The number of nitrogens with zero attached hydrogens (tertiary/aromatic N) is 1. The van der Waals surface area contributed by atoms with Crippen LogP contribution < -0.4 is 0 Å². The molecule has 7 heteroatoms. The zero-order valence-corrected chi connectivity index (χ0v) is 17.2. The molecule has 3 aromatic carbocycles. The molecule has 4 aromatic rings. The number of carboxylic acid groups (broad SMARTS) is 1. The average molecular weight is 451 g/mol. The maximum absolute atomic E-state index is 13.9. The second-order valence-corrected chi connectivity index (χ2v) is 8.05. The first-order valence-corrected chi connectivity index (χ1v) is 10.4. The predicted molar refractivity (Wildman–Crippen MR) is 117 cm³/mol. The van der Waals surface area contributed by atoms with Crippen molar-refractivity contribution in [3.8, 4) is 22.4 Å². The van der Waals surface area contributed by atoms with Gasteiger partial charge in [-0.1, -0.05) is 36.4 Å². The van der Waals surface area contributed by atoms with Crippen LogP contribution in [0, 0.1) is 5.82 Å². The number of halogens is 4. The number of aromatic carboxylic acids is 1. The zero-order valence-electron chi connectivity index (χ0n) is 17.2. The Kier molecular flexibility index (Phi) is 4.92. The zero-order chi connectivity index (χ0) is 23.3. The maximum atomic E-state index is 13.9. The van der Waals surface area contributed by atoms with E-state index in [9.17, 15) is 27.5 Å². The minimum absolute atomic E-state index is 0.0221. The molecule has 0 bridgehead atoms. The van der Waals surface area contributed by atoms with Crippen molar-refractivity contribution in [2.24, 2.45) is 0 Å².